The van der Waals surface area contributed by atoms with Gasteiger partial charge < -0.3 is 63.2 Å². The van der Waals surface area contributed by atoms with Crippen LogP contribution >= 0.6 is 0 Å². The van der Waals surface area contributed by atoms with E-state index in [1.54, 1.807) is 54.9 Å². The van der Waals surface area contributed by atoms with Gasteiger partial charge in [-0.2, -0.15) is 21.0 Å². The Labute approximate surface area is 544 Å². The number of nitrogens with one attached hydrogen (secondary N) is 1. The molecule has 0 bridgehead atoms. The van der Waals surface area contributed by atoms with Crippen LogP contribution in [0.2, 0.25) is 0 Å². The van der Waals surface area contributed by atoms with Crippen molar-refractivity contribution in [2.24, 2.45) is 5.73 Å². The number of carboxylic acids is 1. The number of nitrogens with two attached hydrogens (primary N) is 1. The number of likely N-dealkylation sites (N-methyl/N-ethyl adjacent to an activating group) is 3. The van der Waals surface area contributed by atoms with Gasteiger partial charge in [0.25, 0.3) is 5.91 Å². The number of aromatic carboxylic acids is 1. The number of ketones is 1. The number of carbonyl (C=O) groups is 3. The van der Waals surface area contributed by atoms with Crippen molar-refractivity contribution in [1.29, 1.82) is 21.0 Å². The van der Waals surface area contributed by atoms with Gasteiger partial charge in [0.2, 0.25) is 0 Å². The molecule has 0 spiro atoms. The highest BCUT2D eigenvalue weighted by molar-refractivity contribution is 5.98. The molecule has 13 rings (SSSR count). The number of nitriles is 4. The third-order valence-corrected chi connectivity index (χ3v) is 17.0. The molecule has 484 valence electrons. The molecule has 2 atom stereocenters. The molecule has 5 saturated heterocycles. The van der Waals surface area contributed by atoms with Crippen molar-refractivity contribution in [1.82, 2.24) is 30.0 Å². The Morgan fingerprint density at radius 3 is 1.50 bits per heavy atom. The van der Waals surface area contributed by atoms with Crippen molar-refractivity contribution in [3.05, 3.63) is 132 Å². The van der Waals surface area contributed by atoms with Gasteiger partial charge in [0.05, 0.1) is 87.1 Å². The number of furan rings is 2. The largest absolute Gasteiger partial charge is 0.496 e. The number of amides is 1. The van der Waals surface area contributed by atoms with Crippen LogP contribution in [0.25, 0.3) is 67.1 Å². The standard InChI is InChI=1S/C33H31N5O5.C27H22N2O6.C6H11N3.C5H9NO/c1-38-12-10-33(19-35,20-38)37-32(39)22-3-5-26(29(16-22)40-2)30-17-27-31(43-30)25(7-11-36-27)21-4-6-28(23(15-21)18-34)42-24-8-13-41-14-9-24;1-32-24-13-17(27(30)31)2-4-21(24)25-14-22-26(35-25)20(6-9-29-22)16-3-5-23(18(12-16)15-28)34-19-7-10-33-11-8-19;1-9-3-2-6(8,4-7)5-9;1-6-3-2-5(7)4-6/h3-7,11,15-17,24H,8-10,12-14,20H2,1-2H3,(H,37,39);2-6,9,12-14,19H,7-8,10-11H2,1H3,(H,30,31);2-3,5,8H2,1H3;2-4H2,1H3. The Morgan fingerprint density at radius 2 is 1.11 bits per heavy atom. The number of pyridine rings is 2. The minimum absolute atomic E-state index is 0.0243. The van der Waals surface area contributed by atoms with Crippen LogP contribution in [-0.4, -0.2) is 172 Å². The molecule has 4 N–H and O–H groups in total. The predicted molar refractivity (Wildman–Crippen MR) is 348 cm³/mol. The van der Waals surface area contributed by atoms with Gasteiger partial charge in [0.15, 0.2) is 11.2 Å². The van der Waals surface area contributed by atoms with Crippen molar-refractivity contribution < 1.29 is 56.7 Å². The average molecular weight is 1270 g/mol. The number of nitrogens with zero attached hydrogens (tertiary/aromatic N) is 9. The molecule has 4 aromatic carbocycles. The molecule has 8 aromatic rings. The van der Waals surface area contributed by atoms with Crippen molar-refractivity contribution in [3.63, 3.8) is 0 Å². The molecule has 0 aliphatic carbocycles. The molecule has 5 aliphatic rings. The highest BCUT2D eigenvalue weighted by atomic mass is 16.5. The van der Waals surface area contributed by atoms with Crippen molar-refractivity contribution in [3.8, 4) is 92.2 Å². The number of benzene rings is 4. The van der Waals surface area contributed by atoms with Crippen LogP contribution in [0.1, 0.15) is 76.8 Å². The molecule has 4 aromatic heterocycles. The molecule has 94 heavy (non-hydrogen) atoms. The Balaban J connectivity index is 0.000000167. The topological polar surface area (TPSA) is 322 Å². The van der Waals surface area contributed by atoms with E-state index in [0.717, 1.165) is 80.4 Å². The number of fused-ring (bicyclic) bond motifs is 2. The molecular weight excluding hydrogens is 1200 g/mol. The summed E-state index contributed by atoms with van der Waals surface area (Å²) in [5.41, 5.74) is 12.3. The van der Waals surface area contributed by atoms with Gasteiger partial charge in [-0.15, -0.1) is 0 Å². The summed E-state index contributed by atoms with van der Waals surface area (Å²) in [5, 5.41) is 50.1. The maximum absolute atomic E-state index is 13.1. The number of Topliss-reactive ketones (excluding diaryl/α,β-unsaturated/α-hetero) is 1. The van der Waals surface area contributed by atoms with Gasteiger partial charge in [-0.05, 0) is 118 Å². The number of ether oxygens (including phenoxy) is 6. The molecule has 0 saturated carbocycles. The Kier molecular flexibility index (Phi) is 21.3. The summed E-state index contributed by atoms with van der Waals surface area (Å²) in [7, 11) is 8.88. The second kappa shape index (κ2) is 30.0. The van der Waals surface area contributed by atoms with Gasteiger partial charge in [-0.1, -0.05) is 12.1 Å². The third kappa shape index (κ3) is 15.8. The van der Waals surface area contributed by atoms with Crippen LogP contribution in [0.4, 0.5) is 0 Å². The minimum Gasteiger partial charge on any atom is -0.496 e. The maximum atomic E-state index is 13.1. The minimum atomic E-state index is -1.04. The van der Waals surface area contributed by atoms with Crippen LogP contribution in [0.3, 0.4) is 0 Å². The second-order valence-electron chi connectivity index (χ2n) is 23.9. The van der Waals surface area contributed by atoms with Gasteiger partial charge >= 0.3 is 5.97 Å². The van der Waals surface area contributed by atoms with E-state index in [-0.39, 0.29) is 23.7 Å². The Hall–Kier alpha value is -10.2. The summed E-state index contributed by atoms with van der Waals surface area (Å²) < 4.78 is 46.6. The third-order valence-electron chi connectivity index (χ3n) is 17.0. The van der Waals surface area contributed by atoms with Gasteiger partial charge in [0.1, 0.15) is 86.8 Å². The van der Waals surface area contributed by atoms with E-state index in [1.807, 2.05) is 73.4 Å². The number of hydrogen-bond acceptors (Lipinski definition) is 21. The summed E-state index contributed by atoms with van der Waals surface area (Å²) in [4.78, 5) is 49.9. The molecule has 9 heterocycles. The van der Waals surface area contributed by atoms with E-state index < -0.39 is 17.0 Å². The highest BCUT2D eigenvalue weighted by Gasteiger charge is 2.39. The SMILES string of the molecule is CN1CCC(=O)C1.CN1CCC(N)(C#N)C1.COc1cc(C(=O)NC2(C#N)CCN(C)C2)ccc1-c1cc2nccc(-c3ccc(OC4CCOCC4)c(C#N)c3)c2o1.COc1cc(C(=O)O)ccc1-c1cc2nccc(-c3ccc(OC4CCOCC4)c(C#N)c3)c2o1. The van der Waals surface area contributed by atoms with Gasteiger partial charge in [-0.3, -0.25) is 24.5 Å². The number of methoxy groups -OCH3 is 2. The normalized spacial score (nSPS) is 19.2. The first-order valence-corrected chi connectivity index (χ1v) is 30.9. The molecule has 1 amide bonds. The van der Waals surface area contributed by atoms with E-state index in [2.05, 4.69) is 44.5 Å². The first-order chi connectivity index (χ1) is 45.4. The molecule has 2 unspecified atom stereocenters. The van der Waals surface area contributed by atoms with Crippen molar-refractivity contribution >= 4 is 39.9 Å². The van der Waals surface area contributed by atoms with E-state index in [9.17, 15) is 35.3 Å². The zero-order chi connectivity index (χ0) is 66.5. The van der Waals surface area contributed by atoms with Crippen LogP contribution in [0.5, 0.6) is 23.0 Å². The van der Waals surface area contributed by atoms with Crippen molar-refractivity contribution in [2.45, 2.75) is 68.2 Å². The molecule has 23 heteroatoms. The van der Waals surface area contributed by atoms with E-state index in [1.165, 1.54) is 26.4 Å². The Morgan fingerprint density at radius 1 is 0.606 bits per heavy atom. The fourth-order valence-electron chi connectivity index (χ4n) is 11.8. The van der Waals surface area contributed by atoms with Crippen LogP contribution < -0.4 is 30.0 Å². The monoisotopic (exact) mass is 1270 g/mol. The van der Waals surface area contributed by atoms with Crippen LogP contribution in [0.15, 0.2) is 118 Å². The average Bonchev–Trinajstić information content (AvgIpc) is 1.61. The second-order valence-corrected chi connectivity index (χ2v) is 23.9. The molecule has 23 nitrogen and oxygen atoms in total. The summed E-state index contributed by atoms with van der Waals surface area (Å²) >= 11 is 0. The first kappa shape index (κ1) is 66.7. The zero-order valence-electron chi connectivity index (χ0n) is 53.1. The number of carboxylic acid groups (broad SMARTS) is 1. The lowest BCUT2D eigenvalue weighted by Crippen LogP contribution is -2.49. The number of aromatic nitrogens is 2. The van der Waals surface area contributed by atoms with Crippen molar-refractivity contribution in [2.75, 3.05) is 101 Å². The van der Waals surface area contributed by atoms with Gasteiger partial charge in [-0.25, -0.2) is 4.79 Å². The van der Waals surface area contributed by atoms with E-state index in [4.69, 9.17) is 48.3 Å². The van der Waals surface area contributed by atoms with Gasteiger partial charge in [0, 0.05) is 106 Å². The molecule has 5 aliphatic heterocycles. The lowest BCUT2D eigenvalue weighted by atomic mass is 9.99. The predicted octanol–water partition coefficient (Wildman–Crippen LogP) is 9.66. The van der Waals surface area contributed by atoms with Crippen LogP contribution in [-0.2, 0) is 14.3 Å². The lowest BCUT2D eigenvalue weighted by molar-refractivity contribution is -0.116. The quantitative estimate of drug-likeness (QED) is 0.0966. The number of hydrogen-bond donors (Lipinski definition) is 3. The summed E-state index contributed by atoms with van der Waals surface area (Å²) in [5.74, 6) is 1.95. The Bertz CT molecular complexity index is 4260. The first-order valence-electron chi connectivity index (χ1n) is 30.9. The van der Waals surface area contributed by atoms with E-state index in [0.29, 0.717) is 143 Å². The number of likely N-dealkylation sites (tertiary alicyclic amines) is 3. The number of carbonyl (C=O) groups excluding carboxylic acids is 2. The fraction of sp³-hybridized carbons (Fsp3) is 0.366. The summed E-state index contributed by atoms with van der Waals surface area (Å²) in [6, 6.07) is 36.9. The van der Waals surface area contributed by atoms with Crippen LogP contribution in [0, 0.1) is 45.3 Å². The fourth-order valence-corrected chi connectivity index (χ4v) is 11.8. The smallest absolute Gasteiger partial charge is 0.335 e. The molecule has 0 radical (unpaired) electrons. The highest BCUT2D eigenvalue weighted by Crippen LogP contribution is 2.41. The summed E-state index contributed by atoms with van der Waals surface area (Å²) in [6.45, 7) is 7.12. The lowest BCUT2D eigenvalue weighted by Gasteiger charge is -2.23. The zero-order valence-corrected chi connectivity index (χ0v) is 53.1. The maximum Gasteiger partial charge on any atom is 0.335 e. The summed E-state index contributed by atoms with van der Waals surface area (Å²) in [6.07, 6.45) is 8.74. The number of rotatable bonds is 13. The molecule has 5 fully saturated rings. The van der Waals surface area contributed by atoms with E-state index >= 15 is 0 Å². The molecular formula is C71H73N11O12.